The number of hydrogen-bond donors (Lipinski definition) is 2. The molecular formula is C10H21NO5S. The van der Waals surface area contributed by atoms with Gasteiger partial charge in [0.05, 0.1) is 24.9 Å². The van der Waals surface area contributed by atoms with Gasteiger partial charge in [-0.3, -0.25) is 4.79 Å². The minimum atomic E-state index is -3.53. The van der Waals surface area contributed by atoms with Gasteiger partial charge < -0.3 is 9.84 Å². The fraction of sp³-hybridized carbons (Fsp3) is 0.900. The minimum Gasteiger partial charge on any atom is -0.466 e. The average molecular weight is 267 g/mol. The maximum atomic E-state index is 11.4. The van der Waals surface area contributed by atoms with E-state index in [0.717, 1.165) is 0 Å². The Bertz CT molecular complexity index is 326. The molecule has 2 N–H and O–H groups in total. The van der Waals surface area contributed by atoms with Crippen LogP contribution in [0.1, 0.15) is 27.2 Å². The van der Waals surface area contributed by atoms with Gasteiger partial charge in [-0.1, -0.05) is 13.8 Å². The van der Waals surface area contributed by atoms with Crippen LogP contribution in [0.5, 0.6) is 0 Å². The van der Waals surface area contributed by atoms with Gasteiger partial charge in [-0.25, -0.2) is 13.1 Å². The SMILES string of the molecule is CCOC(=O)CCS(=O)(=O)NCC(O)C(C)C. The smallest absolute Gasteiger partial charge is 0.306 e. The van der Waals surface area contributed by atoms with E-state index in [1.165, 1.54) is 0 Å². The Balaban J connectivity index is 4.00. The molecular weight excluding hydrogens is 246 g/mol. The number of ether oxygens (including phenoxy) is 1. The summed E-state index contributed by atoms with van der Waals surface area (Å²) in [7, 11) is -3.53. The normalized spacial score (nSPS) is 13.7. The summed E-state index contributed by atoms with van der Waals surface area (Å²) in [5.74, 6) is -0.888. The lowest BCUT2D eigenvalue weighted by atomic mass is 10.1. The largest absolute Gasteiger partial charge is 0.466 e. The van der Waals surface area contributed by atoms with E-state index in [0.29, 0.717) is 0 Å². The molecule has 0 fully saturated rings. The van der Waals surface area contributed by atoms with Crippen molar-refractivity contribution < 1.29 is 23.1 Å². The lowest BCUT2D eigenvalue weighted by molar-refractivity contribution is -0.142. The van der Waals surface area contributed by atoms with E-state index in [4.69, 9.17) is 0 Å². The van der Waals surface area contributed by atoms with Crippen LogP contribution in [0.2, 0.25) is 0 Å². The predicted molar refractivity (Wildman–Crippen MR) is 63.9 cm³/mol. The first-order valence-electron chi connectivity index (χ1n) is 5.59. The lowest BCUT2D eigenvalue weighted by Crippen LogP contribution is -2.36. The fourth-order valence-corrected chi connectivity index (χ4v) is 1.98. The Morgan fingerprint density at radius 2 is 2.00 bits per heavy atom. The van der Waals surface area contributed by atoms with Gasteiger partial charge in [0.1, 0.15) is 0 Å². The van der Waals surface area contributed by atoms with Gasteiger partial charge >= 0.3 is 5.97 Å². The van der Waals surface area contributed by atoms with E-state index >= 15 is 0 Å². The highest BCUT2D eigenvalue weighted by Crippen LogP contribution is 2.00. The van der Waals surface area contributed by atoms with Gasteiger partial charge in [0, 0.05) is 6.54 Å². The van der Waals surface area contributed by atoms with Crippen molar-refractivity contribution in [3.05, 3.63) is 0 Å². The summed E-state index contributed by atoms with van der Waals surface area (Å²) in [4.78, 5) is 11.0. The standard InChI is InChI=1S/C10H21NO5S/c1-4-16-10(13)5-6-17(14,15)11-7-9(12)8(2)3/h8-9,11-12H,4-7H2,1-3H3. The highest BCUT2D eigenvalue weighted by atomic mass is 32.2. The Morgan fingerprint density at radius 1 is 1.41 bits per heavy atom. The molecule has 0 aliphatic carbocycles. The number of carbonyl (C=O) groups is 1. The topological polar surface area (TPSA) is 92.7 Å². The van der Waals surface area contributed by atoms with Crippen LogP contribution in [0.4, 0.5) is 0 Å². The third-order valence-electron chi connectivity index (χ3n) is 2.16. The Kier molecular flexibility index (Phi) is 7.33. The molecule has 0 saturated heterocycles. The van der Waals surface area contributed by atoms with Gasteiger partial charge in [0.2, 0.25) is 10.0 Å². The number of esters is 1. The molecule has 0 aromatic heterocycles. The Morgan fingerprint density at radius 3 is 2.47 bits per heavy atom. The highest BCUT2D eigenvalue weighted by Gasteiger charge is 2.16. The molecule has 0 aromatic rings. The molecule has 0 aliphatic heterocycles. The zero-order valence-electron chi connectivity index (χ0n) is 10.5. The van der Waals surface area contributed by atoms with Gasteiger partial charge in [0.15, 0.2) is 0 Å². The van der Waals surface area contributed by atoms with Gasteiger partial charge in [-0.05, 0) is 12.8 Å². The van der Waals surface area contributed by atoms with Crippen LogP contribution in [0.25, 0.3) is 0 Å². The lowest BCUT2D eigenvalue weighted by Gasteiger charge is -2.15. The van der Waals surface area contributed by atoms with Crippen molar-refractivity contribution >= 4 is 16.0 Å². The number of hydrogen-bond acceptors (Lipinski definition) is 5. The highest BCUT2D eigenvalue weighted by molar-refractivity contribution is 7.89. The molecule has 6 nitrogen and oxygen atoms in total. The number of aliphatic hydroxyl groups is 1. The monoisotopic (exact) mass is 267 g/mol. The van der Waals surface area contributed by atoms with Crippen LogP contribution in [-0.4, -0.2) is 44.5 Å². The molecule has 0 aromatic carbocycles. The van der Waals surface area contributed by atoms with Crippen molar-refractivity contribution in [1.29, 1.82) is 0 Å². The number of nitrogens with one attached hydrogen (secondary N) is 1. The maximum absolute atomic E-state index is 11.4. The molecule has 1 unspecified atom stereocenters. The van der Waals surface area contributed by atoms with E-state index in [1.54, 1.807) is 20.8 Å². The summed E-state index contributed by atoms with van der Waals surface area (Å²) in [5.41, 5.74) is 0. The molecule has 0 rings (SSSR count). The zero-order chi connectivity index (χ0) is 13.5. The summed E-state index contributed by atoms with van der Waals surface area (Å²) in [6.07, 6.45) is -0.909. The minimum absolute atomic E-state index is 0.0252. The number of aliphatic hydroxyl groups excluding tert-OH is 1. The van der Waals surface area contributed by atoms with Crippen LogP contribution < -0.4 is 4.72 Å². The summed E-state index contributed by atoms with van der Waals surface area (Å²) in [5, 5.41) is 9.43. The molecule has 0 bridgehead atoms. The first-order valence-corrected chi connectivity index (χ1v) is 7.24. The average Bonchev–Trinajstić information content (AvgIpc) is 2.24. The quantitative estimate of drug-likeness (QED) is 0.598. The van der Waals surface area contributed by atoms with E-state index in [2.05, 4.69) is 9.46 Å². The van der Waals surface area contributed by atoms with Crippen molar-refractivity contribution in [2.45, 2.75) is 33.3 Å². The second-order valence-corrected chi connectivity index (χ2v) is 5.96. The molecule has 17 heavy (non-hydrogen) atoms. The molecule has 102 valence electrons. The van der Waals surface area contributed by atoms with Crippen LogP contribution in [0, 0.1) is 5.92 Å². The summed E-state index contributed by atoms with van der Waals surface area (Å²) in [6.45, 7) is 5.43. The molecule has 0 aliphatic rings. The Labute approximate surface area is 102 Å². The first-order chi connectivity index (χ1) is 7.78. The van der Waals surface area contributed by atoms with Crippen LogP contribution >= 0.6 is 0 Å². The van der Waals surface area contributed by atoms with Gasteiger partial charge in [-0.2, -0.15) is 0 Å². The van der Waals surface area contributed by atoms with Crippen LogP contribution in [0.15, 0.2) is 0 Å². The first kappa shape index (κ1) is 16.3. The molecule has 0 saturated carbocycles. The molecule has 7 heteroatoms. The van der Waals surface area contributed by atoms with E-state index in [1.807, 2.05) is 0 Å². The number of rotatable bonds is 8. The van der Waals surface area contributed by atoms with Crippen LogP contribution in [-0.2, 0) is 19.6 Å². The van der Waals surface area contributed by atoms with E-state index in [-0.39, 0.29) is 31.2 Å². The third kappa shape index (κ3) is 8.12. The molecule has 0 spiro atoms. The second kappa shape index (κ2) is 7.62. The van der Waals surface area contributed by atoms with E-state index < -0.39 is 22.1 Å². The maximum Gasteiger partial charge on any atom is 0.306 e. The summed E-state index contributed by atoms with van der Waals surface area (Å²) < 4.78 is 29.7. The molecule has 0 radical (unpaired) electrons. The summed E-state index contributed by atoms with van der Waals surface area (Å²) >= 11 is 0. The van der Waals surface area contributed by atoms with E-state index in [9.17, 15) is 18.3 Å². The summed E-state index contributed by atoms with van der Waals surface area (Å²) in [6, 6.07) is 0. The number of carbonyl (C=O) groups excluding carboxylic acids is 1. The van der Waals surface area contributed by atoms with Crippen molar-refractivity contribution in [1.82, 2.24) is 4.72 Å². The molecule has 0 amide bonds. The van der Waals surface area contributed by atoms with Crippen LogP contribution in [0.3, 0.4) is 0 Å². The fourth-order valence-electron chi connectivity index (χ4n) is 0.971. The van der Waals surface area contributed by atoms with Gasteiger partial charge in [-0.15, -0.1) is 0 Å². The van der Waals surface area contributed by atoms with Crippen molar-refractivity contribution in [3.63, 3.8) is 0 Å². The van der Waals surface area contributed by atoms with Crippen molar-refractivity contribution in [3.8, 4) is 0 Å². The molecule has 0 heterocycles. The van der Waals surface area contributed by atoms with Crippen molar-refractivity contribution in [2.75, 3.05) is 18.9 Å². The third-order valence-corrected chi connectivity index (χ3v) is 3.51. The Hall–Kier alpha value is -0.660. The van der Waals surface area contributed by atoms with Crippen molar-refractivity contribution in [2.24, 2.45) is 5.92 Å². The van der Waals surface area contributed by atoms with Gasteiger partial charge in [0.25, 0.3) is 0 Å². The molecule has 1 atom stereocenters. The predicted octanol–water partition coefficient (Wildman–Crippen LogP) is -0.124. The zero-order valence-corrected chi connectivity index (χ0v) is 11.3. The second-order valence-electron chi connectivity index (χ2n) is 4.03. The number of sulfonamides is 1.